The topological polar surface area (TPSA) is 79.6 Å². The van der Waals surface area contributed by atoms with Crippen molar-refractivity contribution in [2.24, 2.45) is 0 Å². The van der Waals surface area contributed by atoms with Gasteiger partial charge in [-0.15, -0.1) is 0 Å². The summed E-state index contributed by atoms with van der Waals surface area (Å²) in [5.41, 5.74) is 0. The Hall–Kier alpha value is -2.52. The number of amides is 1. The Morgan fingerprint density at radius 2 is 1.82 bits per heavy atom. The monoisotopic (exact) mass is 385 g/mol. The number of aromatic nitrogens is 4. The molecule has 2 saturated heterocycles. The molecule has 4 rings (SSSR count). The van der Waals surface area contributed by atoms with Gasteiger partial charge >= 0.3 is 0 Å². The molecule has 1 amide bonds. The highest BCUT2D eigenvalue weighted by atomic mass is 16.5. The van der Waals surface area contributed by atoms with Crippen LogP contribution < -0.4 is 4.90 Å². The number of anilines is 1. The number of piperazine rings is 1. The standard InChI is InChI=1S/C19H27N7O2/c1-15-11-25(12-16(2)28-15)19(27)13-23-6-8-24(9-7-23)17-10-18(21-14-20-17)26-5-3-4-22-26/h3-5,10,14-16H,6-9,11-13H2,1-2H3. The van der Waals surface area contributed by atoms with E-state index in [1.165, 1.54) is 0 Å². The van der Waals surface area contributed by atoms with Gasteiger partial charge in [0.15, 0.2) is 5.82 Å². The maximum atomic E-state index is 12.7. The molecule has 2 fully saturated rings. The first kappa shape index (κ1) is 18.8. The summed E-state index contributed by atoms with van der Waals surface area (Å²) in [6, 6.07) is 3.82. The molecule has 4 heterocycles. The van der Waals surface area contributed by atoms with Gasteiger partial charge in [-0.2, -0.15) is 5.10 Å². The van der Waals surface area contributed by atoms with E-state index in [9.17, 15) is 4.79 Å². The molecule has 2 unspecified atom stereocenters. The van der Waals surface area contributed by atoms with E-state index in [4.69, 9.17) is 4.74 Å². The van der Waals surface area contributed by atoms with Crippen LogP contribution in [-0.2, 0) is 9.53 Å². The van der Waals surface area contributed by atoms with E-state index >= 15 is 0 Å². The van der Waals surface area contributed by atoms with E-state index in [-0.39, 0.29) is 18.1 Å². The smallest absolute Gasteiger partial charge is 0.236 e. The molecule has 2 atom stereocenters. The molecule has 0 radical (unpaired) electrons. The van der Waals surface area contributed by atoms with Gasteiger partial charge < -0.3 is 14.5 Å². The molecule has 2 aromatic heterocycles. The minimum atomic E-state index is 0.103. The molecule has 0 N–H and O–H groups in total. The van der Waals surface area contributed by atoms with Crippen LogP contribution in [0.4, 0.5) is 5.82 Å². The molecular formula is C19H27N7O2. The number of hydrogen-bond donors (Lipinski definition) is 0. The first-order chi connectivity index (χ1) is 13.6. The van der Waals surface area contributed by atoms with Gasteiger partial charge in [-0.3, -0.25) is 9.69 Å². The predicted octanol–water partition coefficient (Wildman–Crippen LogP) is 0.420. The molecular weight excluding hydrogens is 358 g/mol. The van der Waals surface area contributed by atoms with Gasteiger partial charge in [-0.1, -0.05) is 0 Å². The molecule has 2 aromatic rings. The van der Waals surface area contributed by atoms with Crippen molar-refractivity contribution in [1.82, 2.24) is 29.5 Å². The lowest BCUT2D eigenvalue weighted by atomic mass is 10.2. The van der Waals surface area contributed by atoms with Crippen molar-refractivity contribution in [1.29, 1.82) is 0 Å². The van der Waals surface area contributed by atoms with Crippen LogP contribution in [0.3, 0.4) is 0 Å². The van der Waals surface area contributed by atoms with E-state index in [0.29, 0.717) is 19.6 Å². The lowest BCUT2D eigenvalue weighted by Crippen LogP contribution is -2.54. The van der Waals surface area contributed by atoms with Crippen molar-refractivity contribution in [2.45, 2.75) is 26.1 Å². The summed E-state index contributed by atoms with van der Waals surface area (Å²) in [6.45, 7) is 9.21. The molecule has 0 bridgehead atoms. The lowest BCUT2D eigenvalue weighted by molar-refractivity contribution is -0.144. The Balaban J connectivity index is 1.31. The third kappa shape index (κ3) is 4.31. The van der Waals surface area contributed by atoms with Crippen LogP contribution in [-0.4, -0.2) is 93.5 Å². The number of ether oxygens (including phenoxy) is 1. The number of carbonyl (C=O) groups excluding carboxylic acids is 1. The highest BCUT2D eigenvalue weighted by Gasteiger charge is 2.28. The van der Waals surface area contributed by atoms with Gasteiger partial charge in [0.1, 0.15) is 12.1 Å². The SMILES string of the molecule is CC1CN(C(=O)CN2CCN(c3cc(-n4cccn4)ncn3)CC2)CC(C)O1. The Bertz CT molecular complexity index is 779. The van der Waals surface area contributed by atoms with Gasteiger partial charge in [0.05, 0.1) is 18.8 Å². The van der Waals surface area contributed by atoms with Gasteiger partial charge in [-0.05, 0) is 19.9 Å². The van der Waals surface area contributed by atoms with Gasteiger partial charge in [0, 0.05) is 57.7 Å². The minimum Gasteiger partial charge on any atom is -0.372 e. The number of nitrogens with zero attached hydrogens (tertiary/aromatic N) is 7. The van der Waals surface area contributed by atoms with Crippen molar-refractivity contribution >= 4 is 11.7 Å². The Kier molecular flexibility index (Phi) is 5.54. The van der Waals surface area contributed by atoms with Crippen LogP contribution in [0.15, 0.2) is 30.9 Å². The van der Waals surface area contributed by atoms with E-state index < -0.39 is 0 Å². The van der Waals surface area contributed by atoms with E-state index in [1.54, 1.807) is 17.2 Å². The second-order valence-electron chi connectivity index (χ2n) is 7.50. The molecule has 9 nitrogen and oxygen atoms in total. The zero-order valence-corrected chi connectivity index (χ0v) is 16.4. The van der Waals surface area contributed by atoms with Crippen LogP contribution in [0.1, 0.15) is 13.8 Å². The first-order valence-electron chi connectivity index (χ1n) is 9.81. The first-order valence-corrected chi connectivity index (χ1v) is 9.81. The molecule has 9 heteroatoms. The summed E-state index contributed by atoms with van der Waals surface area (Å²) >= 11 is 0. The molecule has 2 aliphatic heterocycles. The van der Waals surface area contributed by atoms with E-state index in [1.807, 2.05) is 37.1 Å². The van der Waals surface area contributed by atoms with Crippen molar-refractivity contribution in [3.05, 3.63) is 30.9 Å². The summed E-state index contributed by atoms with van der Waals surface area (Å²) < 4.78 is 7.45. The molecule has 0 saturated carbocycles. The van der Waals surface area contributed by atoms with Crippen molar-refractivity contribution in [3.8, 4) is 5.82 Å². The summed E-state index contributed by atoms with van der Waals surface area (Å²) in [6.07, 6.45) is 5.37. The predicted molar refractivity (Wildman–Crippen MR) is 104 cm³/mol. The Morgan fingerprint density at radius 3 is 2.50 bits per heavy atom. The second kappa shape index (κ2) is 8.24. The summed E-state index contributed by atoms with van der Waals surface area (Å²) in [4.78, 5) is 27.8. The van der Waals surface area contributed by atoms with E-state index in [2.05, 4.69) is 24.9 Å². The average molecular weight is 385 g/mol. The van der Waals surface area contributed by atoms with Gasteiger partial charge in [-0.25, -0.2) is 14.6 Å². The molecule has 150 valence electrons. The number of hydrogen-bond acceptors (Lipinski definition) is 7. The highest BCUT2D eigenvalue weighted by molar-refractivity contribution is 5.78. The summed E-state index contributed by atoms with van der Waals surface area (Å²) in [5.74, 6) is 1.84. The fraction of sp³-hybridized carbons (Fsp3) is 0.579. The minimum absolute atomic E-state index is 0.103. The molecule has 0 spiro atoms. The molecule has 28 heavy (non-hydrogen) atoms. The van der Waals surface area contributed by atoms with Crippen LogP contribution in [0.25, 0.3) is 5.82 Å². The number of morpholine rings is 1. The summed E-state index contributed by atoms with van der Waals surface area (Å²) in [5, 5.41) is 4.22. The molecule has 2 aliphatic rings. The fourth-order valence-corrected chi connectivity index (χ4v) is 3.85. The maximum Gasteiger partial charge on any atom is 0.236 e. The third-order valence-corrected chi connectivity index (χ3v) is 5.20. The maximum absolute atomic E-state index is 12.7. The number of rotatable bonds is 4. The van der Waals surface area contributed by atoms with Crippen LogP contribution >= 0.6 is 0 Å². The van der Waals surface area contributed by atoms with Crippen molar-refractivity contribution < 1.29 is 9.53 Å². The average Bonchev–Trinajstić information content (AvgIpc) is 3.23. The summed E-state index contributed by atoms with van der Waals surface area (Å²) in [7, 11) is 0. The Labute approximate surface area is 164 Å². The zero-order chi connectivity index (χ0) is 19.5. The van der Waals surface area contributed by atoms with Crippen molar-refractivity contribution in [2.75, 3.05) is 50.7 Å². The highest BCUT2D eigenvalue weighted by Crippen LogP contribution is 2.16. The van der Waals surface area contributed by atoms with Gasteiger partial charge in [0.2, 0.25) is 5.91 Å². The quantitative estimate of drug-likeness (QED) is 0.755. The molecule has 0 aromatic carbocycles. The van der Waals surface area contributed by atoms with Crippen LogP contribution in [0.2, 0.25) is 0 Å². The number of carbonyl (C=O) groups is 1. The largest absolute Gasteiger partial charge is 0.372 e. The van der Waals surface area contributed by atoms with Crippen LogP contribution in [0.5, 0.6) is 0 Å². The second-order valence-corrected chi connectivity index (χ2v) is 7.50. The zero-order valence-electron chi connectivity index (χ0n) is 16.4. The van der Waals surface area contributed by atoms with E-state index in [0.717, 1.165) is 37.8 Å². The fourth-order valence-electron chi connectivity index (χ4n) is 3.85. The lowest BCUT2D eigenvalue weighted by Gasteiger charge is -2.38. The van der Waals surface area contributed by atoms with Gasteiger partial charge in [0.25, 0.3) is 0 Å². The normalized spacial score (nSPS) is 23.8. The third-order valence-electron chi connectivity index (χ3n) is 5.20. The Morgan fingerprint density at radius 1 is 1.11 bits per heavy atom. The van der Waals surface area contributed by atoms with Crippen molar-refractivity contribution in [3.63, 3.8) is 0 Å². The molecule has 0 aliphatic carbocycles. The van der Waals surface area contributed by atoms with Crippen LogP contribution in [0, 0.1) is 0 Å².